The Morgan fingerprint density at radius 3 is 2.62 bits per heavy atom. The van der Waals surface area contributed by atoms with Gasteiger partial charge in [0.25, 0.3) is 0 Å². The minimum Gasteiger partial charge on any atom is -0.360 e. The van der Waals surface area contributed by atoms with Crippen molar-refractivity contribution < 1.29 is 17.8 Å². The summed E-state index contributed by atoms with van der Waals surface area (Å²) in [6.07, 6.45) is 0. The fourth-order valence-electron chi connectivity index (χ4n) is 1.36. The smallest absolute Gasteiger partial charge is 0.246 e. The third-order valence-electron chi connectivity index (χ3n) is 1.94. The molecule has 0 aliphatic carbocycles. The number of nitrogens with two attached hydrogens (primary N) is 1. The van der Waals surface area contributed by atoms with Crippen molar-refractivity contribution in [3.63, 3.8) is 0 Å². The van der Waals surface area contributed by atoms with E-state index in [-0.39, 0.29) is 17.3 Å². The number of aromatic nitrogens is 1. The molecule has 3 N–H and O–H groups in total. The van der Waals surface area contributed by atoms with E-state index in [1.165, 1.54) is 0 Å². The first-order valence-corrected chi connectivity index (χ1v) is 6.13. The van der Waals surface area contributed by atoms with E-state index in [1.807, 2.05) is 0 Å². The second-order valence-electron chi connectivity index (χ2n) is 3.51. The van der Waals surface area contributed by atoms with Gasteiger partial charge in [-0.1, -0.05) is 5.16 Å². The van der Waals surface area contributed by atoms with Crippen LogP contribution in [0, 0.1) is 13.8 Å². The number of hydrogen-bond donors (Lipinski definition) is 2. The molecule has 8 heteroatoms. The van der Waals surface area contributed by atoms with Crippen LogP contribution in [0.1, 0.15) is 18.4 Å². The van der Waals surface area contributed by atoms with Crippen molar-refractivity contribution in [1.82, 2.24) is 9.88 Å². The van der Waals surface area contributed by atoms with Crippen LogP contribution in [0.15, 0.2) is 9.42 Å². The maximum atomic E-state index is 11.9. The Hall–Kier alpha value is -0.960. The van der Waals surface area contributed by atoms with Crippen LogP contribution in [0.2, 0.25) is 0 Å². The molecule has 16 heavy (non-hydrogen) atoms. The second kappa shape index (κ2) is 4.91. The number of nitrogens with zero attached hydrogens (tertiary/aromatic N) is 1. The third kappa shape index (κ3) is 2.79. The molecule has 0 aliphatic rings. The molecule has 0 saturated heterocycles. The van der Waals surface area contributed by atoms with Gasteiger partial charge in [0.1, 0.15) is 10.6 Å². The Morgan fingerprint density at radius 1 is 1.56 bits per heavy atom. The summed E-state index contributed by atoms with van der Waals surface area (Å²) in [6, 6.07) is -0.427. The summed E-state index contributed by atoms with van der Waals surface area (Å²) in [7, 11) is -3.64. The van der Waals surface area contributed by atoms with Crippen molar-refractivity contribution in [2.45, 2.75) is 31.7 Å². The van der Waals surface area contributed by atoms with Crippen LogP contribution in [0.25, 0.3) is 0 Å². The van der Waals surface area contributed by atoms with Gasteiger partial charge in [0, 0.05) is 6.04 Å². The van der Waals surface area contributed by atoms with Crippen LogP contribution in [-0.4, -0.2) is 26.2 Å². The fraction of sp³-hybridized carbons (Fsp3) is 0.625. The van der Waals surface area contributed by atoms with Crippen LogP contribution in [0.5, 0.6) is 0 Å². The molecule has 1 unspecified atom stereocenters. The molecule has 0 spiro atoms. The lowest BCUT2D eigenvalue weighted by molar-refractivity contribution is 0.124. The van der Waals surface area contributed by atoms with Gasteiger partial charge in [-0.2, -0.15) is 0 Å². The van der Waals surface area contributed by atoms with Crippen molar-refractivity contribution in [1.29, 1.82) is 0 Å². The molecule has 1 atom stereocenters. The second-order valence-corrected chi connectivity index (χ2v) is 5.16. The highest BCUT2D eigenvalue weighted by atomic mass is 32.2. The van der Waals surface area contributed by atoms with E-state index in [2.05, 4.69) is 14.7 Å². The normalized spacial score (nSPS) is 14.0. The molecule has 0 radical (unpaired) electrons. The van der Waals surface area contributed by atoms with Gasteiger partial charge < -0.3 is 9.36 Å². The summed E-state index contributed by atoms with van der Waals surface area (Å²) in [5, 5.41) is 3.59. The van der Waals surface area contributed by atoms with Gasteiger partial charge in [0.2, 0.25) is 10.0 Å². The minimum absolute atomic E-state index is 0.0661. The zero-order valence-corrected chi connectivity index (χ0v) is 10.2. The minimum atomic E-state index is -3.64. The molecule has 7 nitrogen and oxygen atoms in total. The van der Waals surface area contributed by atoms with E-state index in [0.29, 0.717) is 5.69 Å². The highest BCUT2D eigenvalue weighted by Crippen LogP contribution is 2.18. The molecular formula is C8H15N3O4S. The van der Waals surface area contributed by atoms with Crippen molar-refractivity contribution in [3.05, 3.63) is 11.5 Å². The molecule has 1 aromatic heterocycles. The van der Waals surface area contributed by atoms with Gasteiger partial charge in [-0.15, -0.1) is 0 Å². The third-order valence-corrected chi connectivity index (χ3v) is 3.77. The molecule has 0 aliphatic heterocycles. The Balaban J connectivity index is 2.95. The predicted octanol–water partition coefficient (Wildman–Crippen LogP) is -0.151. The summed E-state index contributed by atoms with van der Waals surface area (Å²) < 4.78 is 31.0. The summed E-state index contributed by atoms with van der Waals surface area (Å²) in [5.41, 5.74) is 0.325. The lowest BCUT2D eigenvalue weighted by atomic mass is 10.4. The summed E-state index contributed by atoms with van der Waals surface area (Å²) >= 11 is 0. The molecular weight excluding hydrogens is 234 g/mol. The molecule has 0 amide bonds. The maximum absolute atomic E-state index is 11.9. The average molecular weight is 249 g/mol. The molecule has 0 fully saturated rings. The summed E-state index contributed by atoms with van der Waals surface area (Å²) in [4.78, 5) is 4.43. The molecule has 0 aromatic carbocycles. The van der Waals surface area contributed by atoms with Crippen LogP contribution in [-0.2, 0) is 14.9 Å². The fourth-order valence-corrected chi connectivity index (χ4v) is 2.92. The van der Waals surface area contributed by atoms with Gasteiger partial charge in [-0.05, 0) is 20.8 Å². The Kier molecular flexibility index (Phi) is 4.03. The van der Waals surface area contributed by atoms with Gasteiger partial charge in [-0.25, -0.2) is 19.0 Å². The van der Waals surface area contributed by atoms with Gasteiger partial charge >= 0.3 is 0 Å². The van der Waals surface area contributed by atoms with E-state index in [4.69, 9.17) is 10.4 Å². The number of rotatable bonds is 5. The first kappa shape index (κ1) is 13.1. The van der Waals surface area contributed by atoms with E-state index in [9.17, 15) is 8.42 Å². The maximum Gasteiger partial charge on any atom is 0.246 e. The van der Waals surface area contributed by atoms with Crippen molar-refractivity contribution in [3.8, 4) is 0 Å². The topological polar surface area (TPSA) is 107 Å². The Morgan fingerprint density at radius 2 is 2.19 bits per heavy atom. The van der Waals surface area contributed by atoms with Crippen molar-refractivity contribution >= 4 is 10.0 Å². The number of nitrogens with one attached hydrogen (secondary N) is 1. The largest absolute Gasteiger partial charge is 0.360 e. The standard InChI is InChI=1S/C8H15N3O4S/c1-5(4-14-9)11-16(12,13)8-6(2)10-15-7(8)3/h5,11H,4,9H2,1-3H3. The highest BCUT2D eigenvalue weighted by molar-refractivity contribution is 7.89. The lowest BCUT2D eigenvalue weighted by Gasteiger charge is -2.12. The van der Waals surface area contributed by atoms with Crippen molar-refractivity contribution in [2.24, 2.45) is 5.90 Å². The summed E-state index contributed by atoms with van der Waals surface area (Å²) in [6.45, 7) is 4.83. The first-order chi connectivity index (χ1) is 7.38. The number of aryl methyl sites for hydroxylation is 2. The molecule has 1 rings (SSSR count). The highest BCUT2D eigenvalue weighted by Gasteiger charge is 2.25. The molecule has 0 saturated carbocycles. The van der Waals surface area contributed by atoms with E-state index < -0.39 is 16.1 Å². The SMILES string of the molecule is Cc1noc(C)c1S(=O)(=O)NC(C)CON. The van der Waals surface area contributed by atoms with Gasteiger partial charge in [0.15, 0.2) is 5.76 Å². The van der Waals surface area contributed by atoms with Crippen LogP contribution in [0.3, 0.4) is 0 Å². The average Bonchev–Trinajstić information content (AvgIpc) is 2.45. The Labute approximate surface area is 93.9 Å². The molecule has 1 aromatic rings. The van der Waals surface area contributed by atoms with Gasteiger partial charge in [0.05, 0.1) is 6.61 Å². The van der Waals surface area contributed by atoms with Crippen molar-refractivity contribution in [2.75, 3.05) is 6.61 Å². The molecule has 92 valence electrons. The monoisotopic (exact) mass is 249 g/mol. The van der Waals surface area contributed by atoms with Crippen LogP contribution < -0.4 is 10.6 Å². The molecule has 0 bridgehead atoms. The Bertz CT molecular complexity index is 434. The van der Waals surface area contributed by atoms with E-state index in [1.54, 1.807) is 20.8 Å². The quantitative estimate of drug-likeness (QED) is 0.702. The molecule has 1 heterocycles. The zero-order chi connectivity index (χ0) is 12.3. The summed E-state index contributed by atoms with van der Waals surface area (Å²) in [5.74, 6) is 5.12. The van der Waals surface area contributed by atoms with Crippen LogP contribution >= 0.6 is 0 Å². The number of hydrogen-bond acceptors (Lipinski definition) is 6. The first-order valence-electron chi connectivity index (χ1n) is 4.65. The van der Waals surface area contributed by atoms with Crippen LogP contribution in [0.4, 0.5) is 0 Å². The van der Waals surface area contributed by atoms with E-state index >= 15 is 0 Å². The number of sulfonamides is 1. The predicted molar refractivity (Wildman–Crippen MR) is 55.9 cm³/mol. The zero-order valence-electron chi connectivity index (χ0n) is 9.35. The lowest BCUT2D eigenvalue weighted by Crippen LogP contribution is -2.36. The van der Waals surface area contributed by atoms with Gasteiger partial charge in [-0.3, -0.25) is 0 Å². The van der Waals surface area contributed by atoms with E-state index in [0.717, 1.165) is 0 Å².